The van der Waals surface area contributed by atoms with E-state index in [4.69, 9.17) is 14.2 Å². The summed E-state index contributed by atoms with van der Waals surface area (Å²) in [4.78, 5) is 19.0. The van der Waals surface area contributed by atoms with Crippen LogP contribution in [0, 0.1) is 0 Å². The molecule has 1 aliphatic heterocycles. The van der Waals surface area contributed by atoms with Gasteiger partial charge >= 0.3 is 6.03 Å². The van der Waals surface area contributed by atoms with E-state index in [0.717, 1.165) is 23.1 Å². The highest BCUT2D eigenvalue weighted by Gasteiger charge is 2.25. The van der Waals surface area contributed by atoms with Crippen molar-refractivity contribution in [3.8, 4) is 16.7 Å². The van der Waals surface area contributed by atoms with Crippen molar-refractivity contribution < 1.29 is 19.0 Å². The van der Waals surface area contributed by atoms with Gasteiger partial charge in [0.1, 0.15) is 17.6 Å². The molecule has 0 radical (unpaired) electrons. The molecule has 1 fully saturated rings. The van der Waals surface area contributed by atoms with Crippen molar-refractivity contribution in [1.82, 2.24) is 9.88 Å². The molecule has 29 heavy (non-hydrogen) atoms. The number of anilines is 1. The lowest BCUT2D eigenvalue weighted by atomic mass is 10.1. The van der Waals surface area contributed by atoms with Gasteiger partial charge in [-0.3, -0.25) is 0 Å². The Morgan fingerprint density at radius 3 is 2.45 bits per heavy atom. The molecule has 3 aromatic rings. The largest absolute Gasteiger partial charge is 0.497 e. The van der Waals surface area contributed by atoms with Crippen LogP contribution in [0.5, 0.6) is 16.7 Å². The zero-order chi connectivity index (χ0) is 20.2. The molecule has 0 spiro atoms. The van der Waals surface area contributed by atoms with Gasteiger partial charge in [-0.2, -0.15) is 0 Å². The fourth-order valence-corrected chi connectivity index (χ4v) is 4.18. The number of urea groups is 1. The molecular weight excluding hydrogens is 390 g/mol. The molecule has 1 N–H and O–H groups in total. The third kappa shape index (κ3) is 4.54. The van der Waals surface area contributed by atoms with E-state index in [1.165, 1.54) is 0 Å². The number of para-hydroxylation sites is 1. The average Bonchev–Trinajstić information content (AvgIpc) is 3.16. The van der Waals surface area contributed by atoms with Gasteiger partial charge in [0.05, 0.1) is 24.4 Å². The molecule has 0 atom stereocenters. The van der Waals surface area contributed by atoms with Crippen LogP contribution in [0.3, 0.4) is 0 Å². The quantitative estimate of drug-likeness (QED) is 0.672. The summed E-state index contributed by atoms with van der Waals surface area (Å²) < 4.78 is 17.7. The maximum atomic E-state index is 12.6. The number of nitrogens with zero attached hydrogens (tertiary/aromatic N) is 2. The van der Waals surface area contributed by atoms with Gasteiger partial charge in [0.2, 0.25) is 0 Å². The predicted octanol–water partition coefficient (Wildman–Crippen LogP) is 4.39. The van der Waals surface area contributed by atoms with E-state index in [-0.39, 0.29) is 12.1 Å². The Bertz CT molecular complexity index is 943. The van der Waals surface area contributed by atoms with E-state index >= 15 is 0 Å². The smallest absolute Gasteiger partial charge is 0.321 e. The number of ether oxygens (including phenoxy) is 3. The number of hydrogen-bond donors (Lipinski definition) is 1. The minimum atomic E-state index is -0.140. The number of nitrogens with one attached hydrogen (secondary N) is 1. The third-order valence-electron chi connectivity index (χ3n) is 4.87. The summed E-state index contributed by atoms with van der Waals surface area (Å²) in [5.41, 5.74) is 1.59. The topological polar surface area (TPSA) is 72.9 Å². The molecule has 1 aromatic heterocycles. The van der Waals surface area contributed by atoms with Crippen molar-refractivity contribution in [2.75, 3.05) is 32.6 Å². The van der Waals surface area contributed by atoms with Crippen LogP contribution >= 0.6 is 11.3 Å². The number of aromatic nitrogens is 1. The lowest BCUT2D eigenvalue weighted by Crippen LogP contribution is -2.43. The van der Waals surface area contributed by atoms with Crippen molar-refractivity contribution in [2.45, 2.75) is 18.9 Å². The van der Waals surface area contributed by atoms with Gasteiger partial charge in [-0.25, -0.2) is 9.78 Å². The fourth-order valence-electron chi connectivity index (χ4n) is 3.30. The number of piperidine rings is 1. The van der Waals surface area contributed by atoms with Gasteiger partial charge in [-0.1, -0.05) is 23.5 Å². The molecule has 0 bridgehead atoms. The molecule has 0 aliphatic carbocycles. The highest BCUT2D eigenvalue weighted by Crippen LogP contribution is 2.30. The lowest BCUT2D eigenvalue weighted by Gasteiger charge is -2.31. The highest BCUT2D eigenvalue weighted by atomic mass is 32.1. The van der Waals surface area contributed by atoms with Crippen molar-refractivity contribution in [2.24, 2.45) is 0 Å². The van der Waals surface area contributed by atoms with Gasteiger partial charge in [0, 0.05) is 49.8 Å². The Kier molecular flexibility index (Phi) is 5.71. The Hall–Kier alpha value is -3.00. The first-order chi connectivity index (χ1) is 14.1. The van der Waals surface area contributed by atoms with Crippen LogP contribution in [0.25, 0.3) is 10.2 Å². The van der Waals surface area contributed by atoms with Gasteiger partial charge in [0.15, 0.2) is 0 Å². The first-order valence-corrected chi connectivity index (χ1v) is 10.3. The number of methoxy groups -OCH3 is 2. The Balaban J connectivity index is 1.32. The molecule has 1 aliphatic rings. The third-order valence-corrected chi connectivity index (χ3v) is 5.80. The van der Waals surface area contributed by atoms with Crippen molar-refractivity contribution >= 4 is 33.3 Å². The Morgan fingerprint density at radius 1 is 1.10 bits per heavy atom. The summed E-state index contributed by atoms with van der Waals surface area (Å²) in [6.45, 7) is 1.25. The summed E-state index contributed by atoms with van der Waals surface area (Å²) in [5, 5.41) is 3.61. The maximum absolute atomic E-state index is 12.6. The van der Waals surface area contributed by atoms with Gasteiger partial charge in [-0.05, 0) is 12.1 Å². The van der Waals surface area contributed by atoms with Crippen LogP contribution in [-0.4, -0.2) is 49.3 Å². The van der Waals surface area contributed by atoms with Crippen LogP contribution in [0.4, 0.5) is 10.5 Å². The summed E-state index contributed by atoms with van der Waals surface area (Å²) in [6.07, 6.45) is 1.60. The summed E-state index contributed by atoms with van der Waals surface area (Å²) in [7, 11) is 3.16. The minimum absolute atomic E-state index is 0.0662. The van der Waals surface area contributed by atoms with Crippen molar-refractivity contribution in [3.63, 3.8) is 0 Å². The standard InChI is InChI=1S/C21H23N3O4S/c1-26-16-11-14(12-17(13-16)27-2)22-20(25)24-9-7-15(8-10-24)28-21-23-18-5-3-4-6-19(18)29-21/h3-6,11-13,15H,7-10H2,1-2H3,(H,22,25). The van der Waals surface area contributed by atoms with E-state index in [9.17, 15) is 4.79 Å². The second kappa shape index (κ2) is 8.57. The molecule has 2 aromatic carbocycles. The highest BCUT2D eigenvalue weighted by molar-refractivity contribution is 7.20. The molecule has 4 rings (SSSR count). The summed E-state index contributed by atoms with van der Waals surface area (Å²) >= 11 is 1.56. The number of thiazole rings is 1. The second-order valence-corrected chi connectivity index (χ2v) is 7.78. The second-order valence-electron chi connectivity index (χ2n) is 6.78. The molecular formula is C21H23N3O4S. The van der Waals surface area contributed by atoms with E-state index in [1.807, 2.05) is 24.3 Å². The molecule has 8 heteroatoms. The first kappa shape index (κ1) is 19.3. The van der Waals surface area contributed by atoms with E-state index in [1.54, 1.807) is 48.7 Å². The molecule has 152 valence electrons. The molecule has 0 unspecified atom stereocenters. The number of hydrogen-bond acceptors (Lipinski definition) is 6. The number of amides is 2. The van der Waals surface area contributed by atoms with Gasteiger partial charge in [0.25, 0.3) is 5.19 Å². The number of benzene rings is 2. The molecule has 7 nitrogen and oxygen atoms in total. The monoisotopic (exact) mass is 413 g/mol. The van der Waals surface area contributed by atoms with Crippen LogP contribution in [0.2, 0.25) is 0 Å². The number of carbonyl (C=O) groups excluding carboxylic acids is 1. The van der Waals surface area contributed by atoms with E-state index < -0.39 is 0 Å². The SMILES string of the molecule is COc1cc(NC(=O)N2CCC(Oc3nc4ccccc4s3)CC2)cc(OC)c1. The van der Waals surface area contributed by atoms with E-state index in [2.05, 4.69) is 10.3 Å². The summed E-state index contributed by atoms with van der Waals surface area (Å²) in [6, 6.07) is 13.2. The van der Waals surface area contributed by atoms with Crippen molar-refractivity contribution in [3.05, 3.63) is 42.5 Å². The summed E-state index contributed by atoms with van der Waals surface area (Å²) in [5.74, 6) is 1.25. The van der Waals surface area contributed by atoms with Gasteiger partial charge < -0.3 is 24.4 Å². The van der Waals surface area contributed by atoms with Crippen LogP contribution in [0.1, 0.15) is 12.8 Å². The number of fused-ring (bicyclic) bond motifs is 1. The Morgan fingerprint density at radius 2 is 1.79 bits per heavy atom. The normalized spacial score (nSPS) is 14.6. The lowest BCUT2D eigenvalue weighted by molar-refractivity contribution is 0.115. The average molecular weight is 413 g/mol. The molecule has 1 saturated heterocycles. The van der Waals surface area contributed by atoms with Crippen LogP contribution in [0.15, 0.2) is 42.5 Å². The first-order valence-electron chi connectivity index (χ1n) is 9.46. The number of likely N-dealkylation sites (tertiary alicyclic amines) is 1. The maximum Gasteiger partial charge on any atom is 0.321 e. The molecule has 2 heterocycles. The zero-order valence-corrected chi connectivity index (χ0v) is 17.2. The molecule has 2 amide bonds. The van der Waals surface area contributed by atoms with Crippen LogP contribution in [-0.2, 0) is 0 Å². The zero-order valence-electron chi connectivity index (χ0n) is 16.4. The van der Waals surface area contributed by atoms with Crippen LogP contribution < -0.4 is 19.5 Å². The number of carbonyl (C=O) groups is 1. The van der Waals surface area contributed by atoms with Gasteiger partial charge in [-0.15, -0.1) is 0 Å². The van der Waals surface area contributed by atoms with Crippen molar-refractivity contribution in [1.29, 1.82) is 0 Å². The molecule has 0 saturated carbocycles. The number of rotatable bonds is 5. The fraction of sp³-hybridized carbons (Fsp3) is 0.333. The Labute approximate surface area is 173 Å². The predicted molar refractivity (Wildman–Crippen MR) is 113 cm³/mol. The minimum Gasteiger partial charge on any atom is -0.497 e. The van der Waals surface area contributed by atoms with E-state index in [0.29, 0.717) is 35.5 Å².